The van der Waals surface area contributed by atoms with Crippen LogP contribution in [0.5, 0.6) is 0 Å². The molecule has 0 unspecified atom stereocenters. The maximum absolute atomic E-state index is 10.8. The molecule has 1 aromatic heterocycles. The Bertz CT molecular complexity index is 690. The molecule has 0 aliphatic heterocycles. The van der Waals surface area contributed by atoms with Crippen LogP contribution in [-0.2, 0) is 6.54 Å². The monoisotopic (exact) mass is 267 g/mol. The van der Waals surface area contributed by atoms with Crippen molar-refractivity contribution in [3.05, 3.63) is 58.9 Å². The van der Waals surface area contributed by atoms with Crippen molar-refractivity contribution in [1.82, 2.24) is 4.98 Å². The number of aromatic carboxylic acids is 1. The van der Waals surface area contributed by atoms with Gasteiger partial charge in [0.1, 0.15) is 11.8 Å². The van der Waals surface area contributed by atoms with Crippen molar-refractivity contribution in [2.45, 2.75) is 13.5 Å². The van der Waals surface area contributed by atoms with Gasteiger partial charge in [-0.05, 0) is 30.7 Å². The van der Waals surface area contributed by atoms with E-state index in [0.29, 0.717) is 17.8 Å². The normalized spacial score (nSPS) is 9.80. The molecule has 20 heavy (non-hydrogen) atoms. The van der Waals surface area contributed by atoms with Crippen molar-refractivity contribution in [1.29, 1.82) is 5.26 Å². The average molecular weight is 267 g/mol. The number of aromatic nitrogens is 1. The Balaban J connectivity index is 2.17. The fourth-order valence-corrected chi connectivity index (χ4v) is 1.85. The van der Waals surface area contributed by atoms with Gasteiger partial charge in [0, 0.05) is 0 Å². The third kappa shape index (κ3) is 2.93. The highest BCUT2D eigenvalue weighted by Crippen LogP contribution is 2.18. The van der Waals surface area contributed by atoms with Crippen LogP contribution in [0.25, 0.3) is 0 Å². The van der Waals surface area contributed by atoms with Gasteiger partial charge in [-0.2, -0.15) is 5.26 Å². The highest BCUT2D eigenvalue weighted by Gasteiger charge is 2.07. The van der Waals surface area contributed by atoms with E-state index in [9.17, 15) is 4.79 Å². The number of carboxylic acid groups (broad SMARTS) is 1. The van der Waals surface area contributed by atoms with E-state index in [1.54, 1.807) is 12.1 Å². The molecule has 0 bridgehead atoms. The largest absolute Gasteiger partial charge is 0.477 e. The average Bonchev–Trinajstić information content (AvgIpc) is 2.45. The van der Waals surface area contributed by atoms with Gasteiger partial charge in [-0.25, -0.2) is 9.78 Å². The molecule has 2 N–H and O–H groups in total. The van der Waals surface area contributed by atoms with Crippen LogP contribution in [0, 0.1) is 18.3 Å². The number of anilines is 1. The van der Waals surface area contributed by atoms with Crippen molar-refractivity contribution in [2.24, 2.45) is 0 Å². The maximum Gasteiger partial charge on any atom is 0.354 e. The summed E-state index contributed by atoms with van der Waals surface area (Å²) in [5.41, 5.74) is 2.81. The van der Waals surface area contributed by atoms with Gasteiger partial charge in [-0.3, -0.25) is 0 Å². The molecule has 0 saturated carbocycles. The Morgan fingerprint density at radius 1 is 1.35 bits per heavy atom. The third-order valence-corrected chi connectivity index (χ3v) is 2.87. The Labute approximate surface area is 116 Å². The second-order valence-electron chi connectivity index (χ2n) is 4.28. The minimum absolute atomic E-state index is 0.00838. The zero-order chi connectivity index (χ0) is 14.5. The van der Waals surface area contributed by atoms with E-state index in [1.165, 1.54) is 6.07 Å². The van der Waals surface area contributed by atoms with Gasteiger partial charge in [-0.1, -0.05) is 18.2 Å². The molecule has 0 aliphatic rings. The minimum Gasteiger partial charge on any atom is -0.477 e. The second kappa shape index (κ2) is 5.85. The lowest BCUT2D eigenvalue weighted by Gasteiger charge is -2.09. The molecular formula is C15H13N3O2. The number of hydrogen-bond donors (Lipinski definition) is 2. The number of aryl methyl sites for hydroxylation is 1. The van der Waals surface area contributed by atoms with Crippen LogP contribution in [0.4, 0.5) is 5.69 Å². The van der Waals surface area contributed by atoms with Crippen LogP contribution >= 0.6 is 0 Å². The minimum atomic E-state index is -1.06. The van der Waals surface area contributed by atoms with E-state index in [-0.39, 0.29) is 5.69 Å². The van der Waals surface area contributed by atoms with Crippen LogP contribution < -0.4 is 5.32 Å². The Morgan fingerprint density at radius 3 is 2.80 bits per heavy atom. The van der Waals surface area contributed by atoms with Crippen LogP contribution in [-0.4, -0.2) is 16.1 Å². The number of nitriles is 1. The molecule has 2 aromatic rings. The predicted octanol–water partition coefficient (Wildman–Crippen LogP) is 2.57. The molecule has 0 amide bonds. The number of pyridine rings is 1. The molecule has 2 rings (SSSR count). The number of carbonyl (C=O) groups is 1. The van der Waals surface area contributed by atoms with Gasteiger partial charge >= 0.3 is 5.97 Å². The van der Waals surface area contributed by atoms with Crippen LogP contribution in [0.1, 0.15) is 27.3 Å². The van der Waals surface area contributed by atoms with Gasteiger partial charge in [0.25, 0.3) is 0 Å². The van der Waals surface area contributed by atoms with Gasteiger partial charge in [0.05, 0.1) is 23.5 Å². The Hall–Kier alpha value is -2.87. The maximum atomic E-state index is 10.8. The van der Waals surface area contributed by atoms with Gasteiger partial charge in [0.15, 0.2) is 0 Å². The van der Waals surface area contributed by atoms with Crippen LogP contribution in [0.15, 0.2) is 36.4 Å². The molecule has 0 atom stereocenters. The molecule has 0 spiro atoms. The topological polar surface area (TPSA) is 86.0 Å². The van der Waals surface area contributed by atoms with E-state index < -0.39 is 5.97 Å². The number of benzene rings is 1. The zero-order valence-corrected chi connectivity index (χ0v) is 10.9. The lowest BCUT2D eigenvalue weighted by Crippen LogP contribution is -2.07. The lowest BCUT2D eigenvalue weighted by molar-refractivity contribution is 0.0690. The van der Waals surface area contributed by atoms with E-state index in [2.05, 4.69) is 16.4 Å². The Morgan fingerprint density at radius 2 is 2.10 bits per heavy atom. The highest BCUT2D eigenvalue weighted by molar-refractivity contribution is 5.85. The summed E-state index contributed by atoms with van der Waals surface area (Å²) in [5, 5.41) is 21.1. The van der Waals surface area contributed by atoms with E-state index in [1.807, 2.05) is 25.1 Å². The van der Waals surface area contributed by atoms with E-state index in [0.717, 1.165) is 11.3 Å². The first-order valence-electron chi connectivity index (χ1n) is 6.04. The first-order chi connectivity index (χ1) is 9.61. The number of nitrogens with zero attached hydrogens (tertiary/aromatic N) is 2. The summed E-state index contributed by atoms with van der Waals surface area (Å²) in [6.45, 7) is 2.23. The Kier molecular flexibility index (Phi) is 3.96. The number of nitrogens with one attached hydrogen (secondary N) is 1. The second-order valence-corrected chi connectivity index (χ2v) is 4.28. The molecular weight excluding hydrogens is 254 g/mol. The summed E-state index contributed by atoms with van der Waals surface area (Å²) in [4.78, 5) is 14.9. The highest BCUT2D eigenvalue weighted by atomic mass is 16.4. The molecule has 1 heterocycles. The molecule has 1 aromatic carbocycles. The van der Waals surface area contributed by atoms with Crippen molar-refractivity contribution in [3.8, 4) is 6.07 Å². The van der Waals surface area contributed by atoms with Crippen LogP contribution in [0.3, 0.4) is 0 Å². The summed E-state index contributed by atoms with van der Waals surface area (Å²) in [5.74, 6) is -1.06. The summed E-state index contributed by atoms with van der Waals surface area (Å²) < 4.78 is 0. The fraction of sp³-hybridized carbons (Fsp3) is 0.133. The number of hydrogen-bond acceptors (Lipinski definition) is 4. The first-order valence-corrected chi connectivity index (χ1v) is 6.04. The first kappa shape index (κ1) is 13.6. The summed E-state index contributed by atoms with van der Waals surface area (Å²) in [6, 6.07) is 12.5. The lowest BCUT2D eigenvalue weighted by atomic mass is 10.1. The smallest absolute Gasteiger partial charge is 0.354 e. The van der Waals surface area contributed by atoms with E-state index >= 15 is 0 Å². The third-order valence-electron chi connectivity index (χ3n) is 2.87. The van der Waals surface area contributed by atoms with Crippen molar-refractivity contribution in [2.75, 3.05) is 5.32 Å². The van der Waals surface area contributed by atoms with Crippen molar-refractivity contribution < 1.29 is 9.90 Å². The zero-order valence-electron chi connectivity index (χ0n) is 10.9. The van der Waals surface area contributed by atoms with E-state index in [4.69, 9.17) is 10.4 Å². The molecule has 5 heteroatoms. The molecule has 0 aliphatic carbocycles. The fourth-order valence-electron chi connectivity index (χ4n) is 1.85. The molecule has 0 saturated heterocycles. The number of carboxylic acids is 1. The van der Waals surface area contributed by atoms with Crippen molar-refractivity contribution in [3.63, 3.8) is 0 Å². The summed E-state index contributed by atoms with van der Waals surface area (Å²) in [6.07, 6.45) is 0. The SMILES string of the molecule is Cc1cccc(NCc2cccc(C(=O)O)n2)c1C#N. The molecule has 5 nitrogen and oxygen atoms in total. The standard InChI is InChI=1S/C15H13N3O2/c1-10-4-2-6-13(12(10)8-16)17-9-11-5-3-7-14(18-11)15(19)20/h2-7,17H,9H2,1H3,(H,19,20). The molecule has 0 fully saturated rings. The molecule has 0 radical (unpaired) electrons. The summed E-state index contributed by atoms with van der Waals surface area (Å²) in [7, 11) is 0. The predicted molar refractivity (Wildman–Crippen MR) is 74.4 cm³/mol. The quantitative estimate of drug-likeness (QED) is 0.889. The van der Waals surface area contributed by atoms with Gasteiger partial charge < -0.3 is 10.4 Å². The number of rotatable bonds is 4. The summed E-state index contributed by atoms with van der Waals surface area (Å²) >= 11 is 0. The van der Waals surface area contributed by atoms with Gasteiger partial charge in [0.2, 0.25) is 0 Å². The van der Waals surface area contributed by atoms with Crippen LogP contribution in [0.2, 0.25) is 0 Å². The van der Waals surface area contributed by atoms with Crippen molar-refractivity contribution >= 4 is 11.7 Å². The van der Waals surface area contributed by atoms with Gasteiger partial charge in [-0.15, -0.1) is 0 Å². The molecule has 100 valence electrons.